The molecule has 0 aliphatic rings. The van der Waals surface area contributed by atoms with E-state index in [1.54, 1.807) is 24.8 Å². The monoisotopic (exact) mass is 248 g/mol. The van der Waals surface area contributed by atoms with Crippen molar-refractivity contribution in [3.05, 3.63) is 85.0 Å². The first-order valence-corrected chi connectivity index (χ1v) is 6.15. The molecule has 19 heavy (non-hydrogen) atoms. The Labute approximate surface area is 113 Å². The molecule has 0 fully saturated rings. The molecule has 0 aromatic carbocycles. The van der Waals surface area contributed by atoms with Crippen LogP contribution in [0.3, 0.4) is 0 Å². The molecule has 0 spiro atoms. The van der Waals surface area contributed by atoms with Crippen LogP contribution in [0.1, 0.15) is 18.1 Å². The molecule has 0 saturated carbocycles. The molecule has 2 nitrogen and oxygen atoms in total. The highest BCUT2D eigenvalue weighted by Crippen LogP contribution is 2.21. The molecule has 2 rings (SSSR count). The van der Waals surface area contributed by atoms with E-state index in [1.165, 1.54) is 0 Å². The van der Waals surface area contributed by atoms with E-state index in [0.29, 0.717) is 0 Å². The van der Waals surface area contributed by atoms with Crippen LogP contribution in [0.15, 0.2) is 73.9 Å². The lowest BCUT2D eigenvalue weighted by molar-refractivity contribution is 1.31. The van der Waals surface area contributed by atoms with Crippen LogP contribution in [0.25, 0.3) is 11.1 Å². The molecule has 2 heterocycles. The highest BCUT2D eigenvalue weighted by molar-refractivity contribution is 5.86. The van der Waals surface area contributed by atoms with E-state index in [0.717, 1.165) is 22.3 Å². The van der Waals surface area contributed by atoms with Gasteiger partial charge in [0.25, 0.3) is 0 Å². The molecule has 0 radical (unpaired) electrons. The van der Waals surface area contributed by atoms with Crippen LogP contribution in [-0.4, -0.2) is 9.97 Å². The second-order valence-electron chi connectivity index (χ2n) is 4.10. The maximum Gasteiger partial charge on any atom is 0.0273 e. The van der Waals surface area contributed by atoms with Gasteiger partial charge in [-0.25, -0.2) is 0 Å². The van der Waals surface area contributed by atoms with E-state index in [9.17, 15) is 0 Å². The first-order chi connectivity index (χ1) is 9.31. The Morgan fingerprint density at radius 2 is 1.47 bits per heavy atom. The van der Waals surface area contributed by atoms with Crippen LogP contribution in [0, 0.1) is 0 Å². The number of hydrogen-bond acceptors (Lipinski definition) is 2. The van der Waals surface area contributed by atoms with Gasteiger partial charge in [0.2, 0.25) is 0 Å². The first-order valence-electron chi connectivity index (χ1n) is 6.15. The normalized spacial score (nSPS) is 11.7. The average molecular weight is 248 g/mol. The van der Waals surface area contributed by atoms with E-state index in [1.807, 2.05) is 37.3 Å². The maximum absolute atomic E-state index is 4.12. The Morgan fingerprint density at radius 3 is 2.00 bits per heavy atom. The van der Waals surface area contributed by atoms with E-state index in [2.05, 4.69) is 28.7 Å². The summed E-state index contributed by atoms with van der Waals surface area (Å²) in [6, 6.07) is 7.90. The van der Waals surface area contributed by atoms with Crippen molar-refractivity contribution in [3.8, 4) is 0 Å². The third kappa shape index (κ3) is 3.49. The fourth-order valence-corrected chi connectivity index (χ4v) is 1.79. The van der Waals surface area contributed by atoms with Gasteiger partial charge in [-0.05, 0) is 59.5 Å². The summed E-state index contributed by atoms with van der Waals surface area (Å²) >= 11 is 0. The Hall–Kier alpha value is -2.48. The van der Waals surface area contributed by atoms with Crippen molar-refractivity contribution >= 4 is 11.1 Å². The maximum atomic E-state index is 4.12. The van der Waals surface area contributed by atoms with Crippen LogP contribution in [-0.2, 0) is 0 Å². The predicted octanol–water partition coefficient (Wildman–Crippen LogP) is 4.15. The summed E-state index contributed by atoms with van der Waals surface area (Å²) in [6.45, 7) is 6.12. The zero-order chi connectivity index (χ0) is 13.5. The molecule has 0 unspecified atom stereocenters. The van der Waals surface area contributed by atoms with E-state index in [4.69, 9.17) is 0 Å². The Morgan fingerprint density at radius 1 is 0.947 bits per heavy atom. The molecule has 2 heteroatoms. The molecule has 94 valence electrons. The standard InChI is InChI=1S/C17H16N2/c1-3-4-17(16-7-11-19-12-8-16)13-14(2)15-5-9-18-10-6-15/h3-13H,2H2,1H3/b4-3-,17-13+. The molecular formula is C17H16N2. The summed E-state index contributed by atoms with van der Waals surface area (Å²) in [5, 5.41) is 0. The first kappa shape index (κ1) is 13.0. The summed E-state index contributed by atoms with van der Waals surface area (Å²) in [6.07, 6.45) is 13.3. The van der Waals surface area contributed by atoms with Gasteiger partial charge in [0.15, 0.2) is 0 Å². The fourth-order valence-electron chi connectivity index (χ4n) is 1.79. The molecule has 0 aliphatic carbocycles. The van der Waals surface area contributed by atoms with Crippen molar-refractivity contribution in [1.29, 1.82) is 0 Å². The number of rotatable bonds is 4. The Balaban J connectivity index is 2.35. The Bertz CT molecular complexity index is 596. The molecule has 2 aromatic heterocycles. The Kier molecular flexibility index (Phi) is 4.40. The third-order valence-corrected chi connectivity index (χ3v) is 2.74. The third-order valence-electron chi connectivity index (χ3n) is 2.74. The highest BCUT2D eigenvalue weighted by Gasteiger charge is 2.00. The van der Waals surface area contributed by atoms with Gasteiger partial charge in [-0.2, -0.15) is 0 Å². The fraction of sp³-hybridized carbons (Fsp3) is 0.0588. The van der Waals surface area contributed by atoms with Crippen molar-refractivity contribution in [2.75, 3.05) is 0 Å². The summed E-state index contributed by atoms with van der Waals surface area (Å²) in [5.74, 6) is 0. The summed E-state index contributed by atoms with van der Waals surface area (Å²) in [5.41, 5.74) is 4.29. The van der Waals surface area contributed by atoms with E-state index in [-0.39, 0.29) is 0 Å². The molecule has 0 amide bonds. The molecule has 2 aromatic rings. The number of hydrogen-bond donors (Lipinski definition) is 0. The van der Waals surface area contributed by atoms with Gasteiger partial charge in [0.1, 0.15) is 0 Å². The van der Waals surface area contributed by atoms with Gasteiger partial charge in [-0.15, -0.1) is 0 Å². The number of allylic oxidation sites excluding steroid dienone is 5. The molecular weight excluding hydrogens is 232 g/mol. The molecule has 0 atom stereocenters. The van der Waals surface area contributed by atoms with Gasteiger partial charge in [-0.1, -0.05) is 18.7 Å². The molecule has 0 N–H and O–H groups in total. The summed E-state index contributed by atoms with van der Waals surface area (Å²) in [4.78, 5) is 8.06. The van der Waals surface area contributed by atoms with Crippen molar-refractivity contribution in [3.63, 3.8) is 0 Å². The highest BCUT2D eigenvalue weighted by atomic mass is 14.6. The lowest BCUT2D eigenvalue weighted by Gasteiger charge is -2.05. The van der Waals surface area contributed by atoms with E-state index < -0.39 is 0 Å². The van der Waals surface area contributed by atoms with Crippen LogP contribution < -0.4 is 0 Å². The zero-order valence-electron chi connectivity index (χ0n) is 11.0. The zero-order valence-corrected chi connectivity index (χ0v) is 11.0. The van der Waals surface area contributed by atoms with Crippen LogP contribution in [0.4, 0.5) is 0 Å². The molecule has 0 bridgehead atoms. The van der Waals surface area contributed by atoms with Crippen molar-refractivity contribution in [1.82, 2.24) is 9.97 Å². The average Bonchev–Trinajstić information content (AvgIpc) is 2.48. The topological polar surface area (TPSA) is 25.8 Å². The minimum Gasteiger partial charge on any atom is -0.265 e. The van der Waals surface area contributed by atoms with Crippen LogP contribution in [0.5, 0.6) is 0 Å². The van der Waals surface area contributed by atoms with Gasteiger partial charge in [0.05, 0.1) is 0 Å². The number of nitrogens with zero attached hydrogens (tertiary/aromatic N) is 2. The SMILES string of the molecule is C=C(/C=C(\C=C/C)c1ccncc1)c1ccncc1. The predicted molar refractivity (Wildman–Crippen MR) is 80.3 cm³/mol. The van der Waals surface area contributed by atoms with Gasteiger partial charge in [-0.3, -0.25) is 9.97 Å². The lowest BCUT2D eigenvalue weighted by Crippen LogP contribution is -1.85. The summed E-state index contributed by atoms with van der Waals surface area (Å²) in [7, 11) is 0. The molecule has 0 saturated heterocycles. The lowest BCUT2D eigenvalue weighted by atomic mass is 10.0. The van der Waals surface area contributed by atoms with Gasteiger partial charge < -0.3 is 0 Å². The quantitative estimate of drug-likeness (QED) is 0.760. The number of pyridine rings is 2. The van der Waals surface area contributed by atoms with Crippen molar-refractivity contribution in [2.24, 2.45) is 0 Å². The van der Waals surface area contributed by atoms with Crippen molar-refractivity contribution < 1.29 is 0 Å². The number of aromatic nitrogens is 2. The van der Waals surface area contributed by atoms with Crippen LogP contribution in [0.2, 0.25) is 0 Å². The van der Waals surface area contributed by atoms with Gasteiger partial charge >= 0.3 is 0 Å². The summed E-state index contributed by atoms with van der Waals surface area (Å²) < 4.78 is 0. The smallest absolute Gasteiger partial charge is 0.0273 e. The molecule has 0 aliphatic heterocycles. The van der Waals surface area contributed by atoms with E-state index >= 15 is 0 Å². The van der Waals surface area contributed by atoms with Gasteiger partial charge in [0, 0.05) is 24.8 Å². The second-order valence-corrected chi connectivity index (χ2v) is 4.10. The minimum atomic E-state index is 0.965. The minimum absolute atomic E-state index is 0.965. The van der Waals surface area contributed by atoms with Crippen LogP contribution >= 0.6 is 0 Å². The second kappa shape index (κ2) is 6.45. The van der Waals surface area contributed by atoms with Crippen molar-refractivity contribution in [2.45, 2.75) is 6.92 Å². The largest absolute Gasteiger partial charge is 0.265 e.